The van der Waals surface area contributed by atoms with Crippen LogP contribution in [0.5, 0.6) is 0 Å². The molecule has 1 aromatic rings. The molecule has 2 aliphatic rings. The molecule has 110 valence electrons. The van der Waals surface area contributed by atoms with Crippen molar-refractivity contribution in [3.05, 3.63) is 22.4 Å². The number of carbonyl (C=O) groups excluding carboxylic acids is 1. The molecule has 1 aromatic heterocycles. The van der Waals surface area contributed by atoms with E-state index in [2.05, 4.69) is 16.8 Å². The zero-order chi connectivity index (χ0) is 14.1. The van der Waals surface area contributed by atoms with Gasteiger partial charge in [0, 0.05) is 18.5 Å². The molecule has 2 heterocycles. The minimum absolute atomic E-state index is 0.109. The van der Waals surface area contributed by atoms with Crippen molar-refractivity contribution in [2.45, 2.75) is 50.1 Å². The second-order valence-electron chi connectivity index (χ2n) is 5.55. The van der Waals surface area contributed by atoms with Gasteiger partial charge in [-0.3, -0.25) is 0 Å². The Labute approximate surface area is 121 Å². The van der Waals surface area contributed by atoms with Crippen LogP contribution in [0.1, 0.15) is 37.2 Å². The summed E-state index contributed by atoms with van der Waals surface area (Å²) in [5, 5.41) is 7.01. The van der Waals surface area contributed by atoms with E-state index >= 15 is 0 Å². The molecule has 2 fully saturated rings. The van der Waals surface area contributed by atoms with E-state index in [4.69, 9.17) is 0 Å². The normalized spacial score (nSPS) is 29.6. The summed E-state index contributed by atoms with van der Waals surface area (Å²) in [6, 6.07) is 0.932. The lowest BCUT2D eigenvalue weighted by atomic mass is 10.0. The number of thiophene rings is 1. The topological polar surface area (TPSA) is 32.3 Å². The largest absolute Gasteiger partial charge is 0.335 e. The van der Waals surface area contributed by atoms with Crippen molar-refractivity contribution in [3.63, 3.8) is 0 Å². The summed E-state index contributed by atoms with van der Waals surface area (Å²) in [4.78, 5) is 13.5. The number of halogens is 2. The van der Waals surface area contributed by atoms with E-state index in [9.17, 15) is 13.6 Å². The van der Waals surface area contributed by atoms with Gasteiger partial charge in [-0.05, 0) is 48.1 Å². The number of hydrogen-bond donors (Lipinski definition) is 1. The molecule has 3 rings (SSSR count). The molecule has 1 unspecified atom stereocenters. The van der Waals surface area contributed by atoms with E-state index in [-0.39, 0.29) is 12.1 Å². The molecule has 2 amide bonds. The average Bonchev–Trinajstić information content (AvgIpc) is 3.00. The summed E-state index contributed by atoms with van der Waals surface area (Å²) in [5.41, 5.74) is 1.24. The predicted octanol–water partition coefficient (Wildman–Crippen LogP) is 3.43. The number of amides is 2. The molecule has 1 saturated heterocycles. The van der Waals surface area contributed by atoms with Gasteiger partial charge in [0.25, 0.3) is 6.43 Å². The number of carbonyl (C=O) groups is 1. The Hall–Kier alpha value is -1.17. The van der Waals surface area contributed by atoms with Crippen LogP contribution in [-0.2, 0) is 0 Å². The van der Waals surface area contributed by atoms with Crippen LogP contribution < -0.4 is 5.32 Å². The third-order valence-corrected chi connectivity index (χ3v) is 4.87. The van der Waals surface area contributed by atoms with Crippen molar-refractivity contribution < 1.29 is 13.6 Å². The van der Waals surface area contributed by atoms with Crippen LogP contribution in [-0.4, -0.2) is 36.0 Å². The number of hydrogen-bond acceptors (Lipinski definition) is 2. The summed E-state index contributed by atoms with van der Waals surface area (Å²) in [5.74, 6) is 0.361. The minimum Gasteiger partial charge on any atom is -0.335 e. The predicted molar refractivity (Wildman–Crippen MR) is 74.3 cm³/mol. The van der Waals surface area contributed by atoms with E-state index in [1.807, 2.05) is 5.38 Å². The fraction of sp³-hybridized carbons (Fsp3) is 0.643. The van der Waals surface area contributed by atoms with Gasteiger partial charge in [0.1, 0.15) is 0 Å². The van der Waals surface area contributed by atoms with Crippen LogP contribution in [0.4, 0.5) is 13.6 Å². The number of likely N-dealkylation sites (tertiary alicyclic amines) is 1. The number of urea groups is 1. The molecule has 3 nitrogen and oxygen atoms in total. The zero-order valence-corrected chi connectivity index (χ0v) is 11.9. The Balaban J connectivity index is 1.56. The maximum atomic E-state index is 13.0. The van der Waals surface area contributed by atoms with Crippen molar-refractivity contribution in [3.8, 4) is 0 Å². The maximum absolute atomic E-state index is 13.0. The monoisotopic (exact) mass is 300 g/mol. The number of alkyl halides is 2. The summed E-state index contributed by atoms with van der Waals surface area (Å²) in [7, 11) is 0. The molecule has 6 heteroatoms. The molecule has 1 aliphatic heterocycles. The highest BCUT2D eigenvalue weighted by atomic mass is 32.1. The van der Waals surface area contributed by atoms with Gasteiger partial charge in [-0.25, -0.2) is 13.6 Å². The van der Waals surface area contributed by atoms with Gasteiger partial charge in [-0.1, -0.05) is 0 Å². The molecular weight excluding hydrogens is 282 g/mol. The first-order valence-electron chi connectivity index (χ1n) is 7.04. The van der Waals surface area contributed by atoms with Crippen LogP contribution in [0.25, 0.3) is 0 Å². The summed E-state index contributed by atoms with van der Waals surface area (Å²) < 4.78 is 25.9. The minimum atomic E-state index is -2.45. The van der Waals surface area contributed by atoms with E-state index < -0.39 is 12.5 Å². The highest BCUT2D eigenvalue weighted by Crippen LogP contribution is 2.41. The van der Waals surface area contributed by atoms with Gasteiger partial charge in [0.05, 0.1) is 6.04 Å². The molecule has 1 aliphatic carbocycles. The van der Waals surface area contributed by atoms with E-state index in [1.165, 1.54) is 10.5 Å². The first-order valence-corrected chi connectivity index (χ1v) is 7.98. The standard InChI is InChI=1S/C14H18F2N2OS/c15-13(16)12-3-1-2-5-18(12)14(19)17-11-7-10(11)9-4-6-20-8-9/h4,6,8,10-13H,1-3,5,7H2,(H,17,19)/t10-,11+,12?/m0/s1. The molecule has 0 bridgehead atoms. The van der Waals surface area contributed by atoms with Crippen molar-refractivity contribution in [1.82, 2.24) is 10.2 Å². The highest BCUT2D eigenvalue weighted by molar-refractivity contribution is 7.08. The summed E-state index contributed by atoms with van der Waals surface area (Å²) in [6.07, 6.45) is 0.460. The smallest absolute Gasteiger partial charge is 0.318 e. The fourth-order valence-corrected chi connectivity index (χ4v) is 3.65. The van der Waals surface area contributed by atoms with Crippen LogP contribution >= 0.6 is 11.3 Å². The summed E-state index contributed by atoms with van der Waals surface area (Å²) >= 11 is 1.64. The van der Waals surface area contributed by atoms with E-state index in [0.717, 1.165) is 19.3 Å². The lowest BCUT2D eigenvalue weighted by molar-refractivity contribution is 0.0234. The molecule has 1 N–H and O–H groups in total. The van der Waals surface area contributed by atoms with Gasteiger partial charge in [-0.2, -0.15) is 11.3 Å². The van der Waals surface area contributed by atoms with Gasteiger partial charge in [-0.15, -0.1) is 0 Å². The lowest BCUT2D eigenvalue weighted by Crippen LogP contribution is -2.52. The first-order chi connectivity index (χ1) is 9.66. The van der Waals surface area contributed by atoms with E-state index in [0.29, 0.717) is 18.9 Å². The van der Waals surface area contributed by atoms with Crippen LogP contribution in [0.3, 0.4) is 0 Å². The Bertz CT molecular complexity index is 466. The van der Waals surface area contributed by atoms with Crippen LogP contribution in [0.15, 0.2) is 16.8 Å². The molecule has 0 spiro atoms. The molecular formula is C14H18F2N2OS. The van der Waals surface area contributed by atoms with Gasteiger partial charge in [0.2, 0.25) is 0 Å². The van der Waals surface area contributed by atoms with Crippen molar-refractivity contribution in [1.29, 1.82) is 0 Å². The molecule has 3 atom stereocenters. The molecule has 0 aromatic carbocycles. The zero-order valence-electron chi connectivity index (χ0n) is 11.1. The second-order valence-corrected chi connectivity index (χ2v) is 6.33. The van der Waals surface area contributed by atoms with Crippen LogP contribution in [0, 0.1) is 0 Å². The summed E-state index contributed by atoms with van der Waals surface area (Å²) in [6.45, 7) is 0.441. The van der Waals surface area contributed by atoms with Gasteiger partial charge >= 0.3 is 6.03 Å². The first kappa shape index (κ1) is 13.8. The number of nitrogens with zero attached hydrogens (tertiary/aromatic N) is 1. The lowest BCUT2D eigenvalue weighted by Gasteiger charge is -2.35. The van der Waals surface area contributed by atoms with E-state index in [1.54, 1.807) is 11.3 Å². The third kappa shape index (κ3) is 2.80. The molecule has 20 heavy (non-hydrogen) atoms. The SMILES string of the molecule is O=C(N[C@@H]1C[C@H]1c1ccsc1)N1CCCCC1C(F)F. The average molecular weight is 300 g/mol. The molecule has 1 saturated carbocycles. The van der Waals surface area contributed by atoms with Gasteiger partial charge in [0.15, 0.2) is 0 Å². The number of rotatable bonds is 3. The fourth-order valence-electron chi connectivity index (χ4n) is 2.92. The maximum Gasteiger partial charge on any atom is 0.318 e. The Kier molecular flexibility index (Phi) is 3.92. The van der Waals surface area contributed by atoms with Gasteiger partial charge < -0.3 is 10.2 Å². The number of piperidine rings is 1. The van der Waals surface area contributed by atoms with Crippen molar-refractivity contribution >= 4 is 17.4 Å². The second kappa shape index (κ2) is 5.68. The molecule has 0 radical (unpaired) electrons. The Morgan fingerprint density at radius 3 is 3.00 bits per heavy atom. The quantitative estimate of drug-likeness (QED) is 0.911. The Morgan fingerprint density at radius 2 is 2.30 bits per heavy atom. The van der Waals surface area contributed by atoms with Crippen molar-refractivity contribution in [2.75, 3.05) is 6.54 Å². The van der Waals surface area contributed by atoms with Crippen LogP contribution in [0.2, 0.25) is 0 Å². The van der Waals surface area contributed by atoms with Crippen molar-refractivity contribution in [2.24, 2.45) is 0 Å². The highest BCUT2D eigenvalue weighted by Gasteiger charge is 2.42. The Morgan fingerprint density at radius 1 is 1.45 bits per heavy atom. The third-order valence-electron chi connectivity index (χ3n) is 4.17. The number of nitrogens with one attached hydrogen (secondary N) is 1.